The van der Waals surface area contributed by atoms with Gasteiger partial charge in [0.15, 0.2) is 4.34 Å². The lowest BCUT2D eigenvalue weighted by molar-refractivity contribution is 0.0938. The summed E-state index contributed by atoms with van der Waals surface area (Å²) in [6.07, 6.45) is 0. The molecule has 184 valence electrons. The third-order valence-electron chi connectivity index (χ3n) is 5.65. The van der Waals surface area contributed by atoms with E-state index in [9.17, 15) is 9.59 Å². The van der Waals surface area contributed by atoms with Crippen LogP contribution in [0.2, 0.25) is 5.02 Å². The molecule has 5 aromatic rings. The molecule has 4 aromatic carbocycles. The average molecular weight is 544 g/mol. The summed E-state index contributed by atoms with van der Waals surface area (Å²) >= 11 is 9.46. The molecule has 0 aliphatic rings. The Morgan fingerprint density at radius 1 is 0.838 bits per heavy atom. The average Bonchev–Trinajstić information content (AvgIpc) is 3.34. The van der Waals surface area contributed by atoms with Crippen molar-refractivity contribution >= 4 is 62.4 Å². The first-order valence-corrected chi connectivity index (χ1v) is 13.7. The Balaban J connectivity index is 1.27. The molecule has 37 heavy (non-hydrogen) atoms. The standard InChI is InChI=1S/C29H22ClN3O2S2/c30-24-13-7-4-10-20(24)18-36-29-33-25-15-14-21(16-26(25)37-29)32-28(35)23-12-6-5-11-22(23)27(34)31-17-19-8-2-1-3-9-19/h1-16H,17-18H2,(H,31,34)(H,32,35). The number of carbonyl (C=O) groups is 2. The summed E-state index contributed by atoms with van der Waals surface area (Å²) in [6, 6.07) is 29.9. The molecule has 0 aliphatic carbocycles. The second-order valence-corrected chi connectivity index (χ2v) is 10.9. The molecule has 0 fully saturated rings. The van der Waals surface area contributed by atoms with Crippen LogP contribution in [0.25, 0.3) is 10.2 Å². The number of hydrogen-bond acceptors (Lipinski definition) is 5. The van der Waals surface area contributed by atoms with E-state index in [0.717, 1.165) is 36.5 Å². The first kappa shape index (κ1) is 25.0. The largest absolute Gasteiger partial charge is 0.348 e. The van der Waals surface area contributed by atoms with Crippen LogP contribution in [0.15, 0.2) is 101 Å². The molecule has 1 aromatic heterocycles. The second-order valence-electron chi connectivity index (χ2n) is 8.21. The van der Waals surface area contributed by atoms with E-state index in [0.29, 0.717) is 23.4 Å². The molecule has 2 amide bonds. The fourth-order valence-electron chi connectivity index (χ4n) is 3.75. The van der Waals surface area contributed by atoms with Crippen LogP contribution in [-0.2, 0) is 12.3 Å². The van der Waals surface area contributed by atoms with Gasteiger partial charge in [0.25, 0.3) is 11.8 Å². The van der Waals surface area contributed by atoms with E-state index in [2.05, 4.69) is 10.6 Å². The van der Waals surface area contributed by atoms with Crippen molar-refractivity contribution < 1.29 is 9.59 Å². The molecule has 0 saturated carbocycles. The number of thioether (sulfide) groups is 1. The van der Waals surface area contributed by atoms with Crippen molar-refractivity contribution in [3.63, 3.8) is 0 Å². The lowest BCUT2D eigenvalue weighted by atomic mass is 10.1. The first-order valence-electron chi connectivity index (χ1n) is 11.6. The lowest BCUT2D eigenvalue weighted by Gasteiger charge is -2.11. The zero-order chi connectivity index (χ0) is 25.6. The number of nitrogens with one attached hydrogen (secondary N) is 2. The van der Waals surface area contributed by atoms with Gasteiger partial charge >= 0.3 is 0 Å². The number of benzene rings is 4. The second kappa shape index (κ2) is 11.6. The molecule has 0 unspecified atom stereocenters. The van der Waals surface area contributed by atoms with Gasteiger partial charge in [0.05, 0.1) is 21.3 Å². The van der Waals surface area contributed by atoms with Crippen LogP contribution in [0.4, 0.5) is 5.69 Å². The summed E-state index contributed by atoms with van der Waals surface area (Å²) in [6.45, 7) is 0.383. The zero-order valence-corrected chi connectivity index (χ0v) is 22.0. The van der Waals surface area contributed by atoms with Crippen LogP contribution in [0, 0.1) is 0 Å². The summed E-state index contributed by atoms with van der Waals surface area (Å²) in [7, 11) is 0. The highest BCUT2D eigenvalue weighted by atomic mass is 35.5. The summed E-state index contributed by atoms with van der Waals surface area (Å²) in [5.41, 5.74) is 4.20. The van der Waals surface area contributed by atoms with Gasteiger partial charge in [-0.1, -0.05) is 84.0 Å². The Hall–Kier alpha value is -3.65. The van der Waals surface area contributed by atoms with Gasteiger partial charge in [0.1, 0.15) is 0 Å². The van der Waals surface area contributed by atoms with Gasteiger partial charge in [0, 0.05) is 23.0 Å². The molecule has 0 bridgehead atoms. The van der Waals surface area contributed by atoms with E-state index >= 15 is 0 Å². The molecule has 0 spiro atoms. The molecular weight excluding hydrogens is 522 g/mol. The number of halogens is 1. The molecule has 0 radical (unpaired) electrons. The van der Waals surface area contributed by atoms with Crippen molar-refractivity contribution in [2.45, 2.75) is 16.6 Å². The number of aromatic nitrogens is 1. The normalized spacial score (nSPS) is 10.8. The van der Waals surface area contributed by atoms with Crippen LogP contribution in [0.5, 0.6) is 0 Å². The number of thiazole rings is 1. The van der Waals surface area contributed by atoms with Crippen molar-refractivity contribution in [1.82, 2.24) is 10.3 Å². The number of anilines is 1. The van der Waals surface area contributed by atoms with Crippen LogP contribution < -0.4 is 10.6 Å². The quantitative estimate of drug-likeness (QED) is 0.200. The van der Waals surface area contributed by atoms with Gasteiger partial charge in [-0.3, -0.25) is 9.59 Å². The van der Waals surface area contributed by atoms with Crippen LogP contribution in [-0.4, -0.2) is 16.8 Å². The minimum absolute atomic E-state index is 0.298. The smallest absolute Gasteiger partial charge is 0.256 e. The third kappa shape index (κ3) is 6.20. The van der Waals surface area contributed by atoms with E-state index in [1.807, 2.05) is 72.8 Å². The van der Waals surface area contributed by atoms with Crippen molar-refractivity contribution in [2.75, 3.05) is 5.32 Å². The third-order valence-corrected chi connectivity index (χ3v) is 8.23. The van der Waals surface area contributed by atoms with E-state index < -0.39 is 0 Å². The highest BCUT2D eigenvalue weighted by molar-refractivity contribution is 8.00. The molecule has 0 saturated heterocycles. The minimum atomic E-state index is -0.345. The molecule has 1 heterocycles. The van der Waals surface area contributed by atoms with Gasteiger partial charge in [-0.15, -0.1) is 11.3 Å². The first-order chi connectivity index (χ1) is 18.1. The van der Waals surface area contributed by atoms with Crippen molar-refractivity contribution in [3.05, 3.63) is 124 Å². The highest BCUT2D eigenvalue weighted by Crippen LogP contribution is 2.34. The number of carbonyl (C=O) groups excluding carboxylic acids is 2. The maximum absolute atomic E-state index is 13.1. The van der Waals surface area contributed by atoms with E-state index in [1.54, 1.807) is 47.4 Å². The Kier molecular flexibility index (Phi) is 7.84. The number of nitrogens with zero attached hydrogens (tertiary/aromatic N) is 1. The molecule has 0 aliphatic heterocycles. The minimum Gasteiger partial charge on any atom is -0.348 e. The summed E-state index contributed by atoms with van der Waals surface area (Å²) in [5, 5.41) is 6.57. The Morgan fingerprint density at radius 2 is 1.54 bits per heavy atom. The van der Waals surface area contributed by atoms with Crippen LogP contribution >= 0.6 is 34.7 Å². The van der Waals surface area contributed by atoms with Gasteiger partial charge in [0.2, 0.25) is 0 Å². The predicted octanol–water partition coefficient (Wildman–Crippen LogP) is 7.42. The highest BCUT2D eigenvalue weighted by Gasteiger charge is 2.17. The van der Waals surface area contributed by atoms with Crippen molar-refractivity contribution in [1.29, 1.82) is 0 Å². The topological polar surface area (TPSA) is 71.1 Å². The Labute approximate surface area is 227 Å². The Bertz CT molecular complexity index is 1570. The van der Waals surface area contributed by atoms with Crippen molar-refractivity contribution in [2.24, 2.45) is 0 Å². The van der Waals surface area contributed by atoms with Gasteiger partial charge in [-0.25, -0.2) is 4.98 Å². The van der Waals surface area contributed by atoms with Crippen LogP contribution in [0.1, 0.15) is 31.8 Å². The molecule has 8 heteroatoms. The number of rotatable bonds is 8. The predicted molar refractivity (Wildman–Crippen MR) is 153 cm³/mol. The van der Waals surface area contributed by atoms with Crippen LogP contribution in [0.3, 0.4) is 0 Å². The van der Waals surface area contributed by atoms with E-state index in [-0.39, 0.29) is 11.8 Å². The van der Waals surface area contributed by atoms with E-state index in [1.165, 1.54) is 0 Å². The lowest BCUT2D eigenvalue weighted by Crippen LogP contribution is -2.26. The molecule has 5 rings (SSSR count). The molecule has 0 atom stereocenters. The fourth-order valence-corrected chi connectivity index (χ4v) is 6.14. The molecule has 5 nitrogen and oxygen atoms in total. The van der Waals surface area contributed by atoms with Crippen molar-refractivity contribution in [3.8, 4) is 0 Å². The fraction of sp³-hybridized carbons (Fsp3) is 0.0690. The maximum Gasteiger partial charge on any atom is 0.256 e. The zero-order valence-electron chi connectivity index (χ0n) is 19.6. The summed E-state index contributed by atoms with van der Waals surface area (Å²) in [5.74, 6) is 0.0852. The summed E-state index contributed by atoms with van der Waals surface area (Å²) in [4.78, 5) is 30.7. The SMILES string of the molecule is O=C(NCc1ccccc1)c1ccccc1C(=O)Nc1ccc2nc(SCc3ccccc3Cl)sc2c1. The Morgan fingerprint density at radius 3 is 2.32 bits per heavy atom. The maximum atomic E-state index is 13.1. The number of amides is 2. The molecule has 2 N–H and O–H groups in total. The summed E-state index contributed by atoms with van der Waals surface area (Å²) < 4.78 is 1.90. The monoisotopic (exact) mass is 543 g/mol. The number of fused-ring (bicyclic) bond motifs is 1. The van der Waals surface area contributed by atoms with Gasteiger partial charge < -0.3 is 10.6 Å². The number of hydrogen-bond donors (Lipinski definition) is 2. The van der Waals surface area contributed by atoms with Gasteiger partial charge in [-0.2, -0.15) is 0 Å². The van der Waals surface area contributed by atoms with Gasteiger partial charge in [-0.05, 0) is 47.5 Å². The molecular formula is C29H22ClN3O2S2. The van der Waals surface area contributed by atoms with E-state index in [4.69, 9.17) is 16.6 Å².